The molecule has 1 aliphatic rings. The first-order chi connectivity index (χ1) is 8.85. The summed E-state index contributed by atoms with van der Waals surface area (Å²) >= 11 is 5.80. The largest absolute Gasteiger partial charge is 0.367 e. The van der Waals surface area contributed by atoms with Gasteiger partial charge in [-0.1, -0.05) is 25.4 Å². The van der Waals surface area contributed by atoms with Crippen LogP contribution in [-0.4, -0.2) is 15.9 Å². The highest BCUT2D eigenvalue weighted by atomic mass is 35.5. The predicted octanol–water partition coefficient (Wildman–Crippen LogP) is 4.02. The van der Waals surface area contributed by atoms with Crippen molar-refractivity contribution in [2.24, 2.45) is 5.41 Å². The van der Waals surface area contributed by atoms with Crippen LogP contribution in [0.3, 0.4) is 0 Å². The maximum absolute atomic E-state index is 10.8. The van der Waals surface area contributed by atoms with Gasteiger partial charge in [0.05, 0.1) is 17.1 Å². The van der Waals surface area contributed by atoms with E-state index in [9.17, 15) is 10.1 Å². The molecule has 2 rings (SSSR count). The molecule has 0 unspecified atom stereocenters. The van der Waals surface area contributed by atoms with E-state index < -0.39 is 4.92 Å². The summed E-state index contributed by atoms with van der Waals surface area (Å²) < 4.78 is 0. The van der Waals surface area contributed by atoms with Crippen LogP contribution in [0.25, 0.3) is 0 Å². The third-order valence-electron chi connectivity index (χ3n) is 3.68. The Morgan fingerprint density at radius 3 is 2.63 bits per heavy atom. The third-order valence-corrected chi connectivity index (χ3v) is 3.87. The number of halogens is 1. The predicted molar refractivity (Wildman–Crippen MR) is 75.6 cm³/mol. The number of nitrogens with one attached hydrogen (secondary N) is 1. The molecule has 5 nitrogen and oxygen atoms in total. The molecule has 1 N–H and O–H groups in total. The lowest BCUT2D eigenvalue weighted by Crippen LogP contribution is -2.30. The molecular formula is C13H18ClN3O2. The molecule has 0 aromatic carbocycles. The molecule has 1 aromatic rings. The van der Waals surface area contributed by atoms with E-state index in [1.54, 1.807) is 0 Å². The summed E-state index contributed by atoms with van der Waals surface area (Å²) in [4.78, 5) is 14.4. The van der Waals surface area contributed by atoms with E-state index >= 15 is 0 Å². The van der Waals surface area contributed by atoms with Crippen LogP contribution in [0.1, 0.15) is 39.5 Å². The Morgan fingerprint density at radius 2 is 2.05 bits per heavy atom. The molecule has 0 atom stereocenters. The van der Waals surface area contributed by atoms with Crippen LogP contribution in [-0.2, 0) is 0 Å². The van der Waals surface area contributed by atoms with Gasteiger partial charge in [0, 0.05) is 6.04 Å². The molecule has 1 heterocycles. The van der Waals surface area contributed by atoms with Gasteiger partial charge in [0.15, 0.2) is 0 Å². The SMILES string of the molecule is CC1(C)CCC(Nc2cc([N+](=O)[O-])cc(Cl)n2)CC1. The maximum Gasteiger partial charge on any atom is 0.276 e. The summed E-state index contributed by atoms with van der Waals surface area (Å²) in [5.41, 5.74) is 0.366. The Bertz CT molecular complexity index is 481. The van der Waals surface area contributed by atoms with Gasteiger partial charge in [-0.15, -0.1) is 0 Å². The second-order valence-electron chi connectivity index (χ2n) is 5.87. The summed E-state index contributed by atoms with van der Waals surface area (Å²) in [6.07, 6.45) is 4.39. The number of rotatable bonds is 3. The summed E-state index contributed by atoms with van der Waals surface area (Å²) in [6, 6.07) is 3.01. The topological polar surface area (TPSA) is 68.1 Å². The van der Waals surface area contributed by atoms with Crippen LogP contribution < -0.4 is 5.32 Å². The number of anilines is 1. The molecule has 0 amide bonds. The average molecular weight is 284 g/mol. The van der Waals surface area contributed by atoms with Crippen molar-refractivity contribution in [3.05, 3.63) is 27.4 Å². The number of aromatic nitrogens is 1. The monoisotopic (exact) mass is 283 g/mol. The molecule has 1 saturated carbocycles. The van der Waals surface area contributed by atoms with Crippen molar-refractivity contribution in [1.82, 2.24) is 4.98 Å². The summed E-state index contributed by atoms with van der Waals surface area (Å²) in [7, 11) is 0. The molecule has 1 aliphatic carbocycles. The molecule has 0 aliphatic heterocycles. The first-order valence-corrected chi connectivity index (χ1v) is 6.82. The average Bonchev–Trinajstić information content (AvgIpc) is 2.31. The number of pyridine rings is 1. The molecule has 19 heavy (non-hydrogen) atoms. The number of nitrogens with zero attached hydrogens (tertiary/aromatic N) is 2. The minimum absolute atomic E-state index is 0.0290. The second-order valence-corrected chi connectivity index (χ2v) is 6.26. The molecule has 0 bridgehead atoms. The van der Waals surface area contributed by atoms with Gasteiger partial charge in [-0.2, -0.15) is 0 Å². The van der Waals surface area contributed by atoms with Crippen molar-refractivity contribution in [2.45, 2.75) is 45.6 Å². The number of hydrogen-bond acceptors (Lipinski definition) is 4. The van der Waals surface area contributed by atoms with Crippen molar-refractivity contribution >= 4 is 23.1 Å². The van der Waals surface area contributed by atoms with Gasteiger partial charge in [-0.05, 0) is 31.1 Å². The second kappa shape index (κ2) is 5.33. The smallest absolute Gasteiger partial charge is 0.276 e. The molecule has 104 valence electrons. The Morgan fingerprint density at radius 1 is 1.42 bits per heavy atom. The van der Waals surface area contributed by atoms with Crippen molar-refractivity contribution in [2.75, 3.05) is 5.32 Å². The highest BCUT2D eigenvalue weighted by Crippen LogP contribution is 2.36. The van der Waals surface area contributed by atoms with Crippen LogP contribution in [0, 0.1) is 15.5 Å². The fourth-order valence-corrected chi connectivity index (χ4v) is 2.62. The minimum Gasteiger partial charge on any atom is -0.367 e. The van der Waals surface area contributed by atoms with E-state index in [0.29, 0.717) is 17.3 Å². The van der Waals surface area contributed by atoms with Crippen LogP contribution in [0.5, 0.6) is 0 Å². The van der Waals surface area contributed by atoms with Gasteiger partial charge in [-0.3, -0.25) is 10.1 Å². The summed E-state index contributed by atoms with van der Waals surface area (Å²) in [5, 5.41) is 14.2. The first kappa shape index (κ1) is 14.1. The van der Waals surface area contributed by atoms with Crippen molar-refractivity contribution < 1.29 is 4.92 Å². The van der Waals surface area contributed by atoms with Gasteiger partial charge in [0.25, 0.3) is 5.69 Å². The van der Waals surface area contributed by atoms with Crippen LogP contribution in [0.2, 0.25) is 5.15 Å². The Balaban J connectivity index is 2.05. The molecule has 1 fully saturated rings. The zero-order chi connectivity index (χ0) is 14.0. The molecule has 6 heteroatoms. The molecule has 0 spiro atoms. The van der Waals surface area contributed by atoms with Crippen molar-refractivity contribution in [1.29, 1.82) is 0 Å². The lowest BCUT2D eigenvalue weighted by Gasteiger charge is -2.34. The number of nitro groups is 1. The zero-order valence-electron chi connectivity index (χ0n) is 11.1. The van der Waals surface area contributed by atoms with E-state index in [4.69, 9.17) is 11.6 Å². The van der Waals surface area contributed by atoms with Crippen molar-refractivity contribution in [3.63, 3.8) is 0 Å². The molecular weight excluding hydrogens is 266 g/mol. The Kier molecular flexibility index (Phi) is 3.94. The molecule has 0 radical (unpaired) electrons. The van der Waals surface area contributed by atoms with E-state index in [1.807, 2.05) is 0 Å². The third kappa shape index (κ3) is 3.80. The van der Waals surface area contributed by atoms with Gasteiger partial charge in [-0.25, -0.2) is 4.98 Å². The van der Waals surface area contributed by atoms with Crippen LogP contribution in [0.15, 0.2) is 12.1 Å². The lowest BCUT2D eigenvalue weighted by atomic mass is 9.75. The minimum atomic E-state index is -0.456. The normalized spacial score (nSPS) is 19.1. The van der Waals surface area contributed by atoms with E-state index in [0.717, 1.165) is 25.7 Å². The highest BCUT2D eigenvalue weighted by molar-refractivity contribution is 6.29. The maximum atomic E-state index is 10.8. The quantitative estimate of drug-likeness (QED) is 0.517. The van der Waals surface area contributed by atoms with E-state index in [2.05, 4.69) is 24.1 Å². The van der Waals surface area contributed by atoms with Crippen molar-refractivity contribution in [3.8, 4) is 0 Å². The Hall–Kier alpha value is -1.36. The lowest BCUT2D eigenvalue weighted by molar-refractivity contribution is -0.384. The molecule has 0 saturated heterocycles. The Labute approximate surface area is 117 Å². The van der Waals surface area contributed by atoms with E-state index in [1.165, 1.54) is 12.1 Å². The van der Waals surface area contributed by atoms with E-state index in [-0.39, 0.29) is 10.8 Å². The summed E-state index contributed by atoms with van der Waals surface area (Å²) in [6.45, 7) is 4.54. The first-order valence-electron chi connectivity index (χ1n) is 6.44. The summed E-state index contributed by atoms with van der Waals surface area (Å²) in [5.74, 6) is 0.490. The zero-order valence-corrected chi connectivity index (χ0v) is 11.9. The van der Waals surface area contributed by atoms with Gasteiger partial charge >= 0.3 is 0 Å². The molecule has 1 aromatic heterocycles. The number of hydrogen-bond donors (Lipinski definition) is 1. The van der Waals surface area contributed by atoms with Gasteiger partial charge in [0.1, 0.15) is 11.0 Å². The fourth-order valence-electron chi connectivity index (χ4n) is 2.42. The van der Waals surface area contributed by atoms with Gasteiger partial charge < -0.3 is 5.32 Å². The van der Waals surface area contributed by atoms with Gasteiger partial charge in [0.2, 0.25) is 0 Å². The standard InChI is InChI=1S/C13H18ClN3O2/c1-13(2)5-3-9(4-6-13)15-12-8-10(17(18)19)7-11(14)16-12/h7-9H,3-6H2,1-2H3,(H,15,16). The fraction of sp³-hybridized carbons (Fsp3) is 0.615. The van der Waals surface area contributed by atoms with Crippen LogP contribution >= 0.6 is 11.6 Å². The highest BCUT2D eigenvalue weighted by Gasteiger charge is 2.27. The van der Waals surface area contributed by atoms with Crippen LogP contribution in [0.4, 0.5) is 11.5 Å².